The summed E-state index contributed by atoms with van der Waals surface area (Å²) in [7, 11) is 0. The molecular weight excluding hydrogens is 673 g/mol. The third-order valence-corrected chi connectivity index (χ3v) is 15.0. The average Bonchev–Trinajstić information content (AvgIpc) is 3.52. The second-order valence-corrected chi connectivity index (χ2v) is 18.5. The van der Waals surface area contributed by atoms with Crippen molar-refractivity contribution in [2.45, 2.75) is 111 Å². The van der Waals surface area contributed by atoms with Gasteiger partial charge in [0.05, 0.1) is 18.6 Å². The molecule has 1 N–H and O–H groups in total. The fraction of sp³-hybridized carbons (Fsp3) is 0.617. The zero-order valence-electron chi connectivity index (χ0n) is 33.3. The molecule has 3 aromatic rings. The topological polar surface area (TPSA) is 81.0 Å². The molecule has 0 bridgehead atoms. The molecule has 290 valence electrons. The van der Waals surface area contributed by atoms with Gasteiger partial charge in [-0.15, -0.1) is 0 Å². The van der Waals surface area contributed by atoms with E-state index < -0.39 is 6.09 Å². The Balaban J connectivity index is 0.893. The number of nitrogens with zero attached hydrogens (tertiary/aromatic N) is 1. The van der Waals surface area contributed by atoms with Gasteiger partial charge in [0, 0.05) is 36.8 Å². The molecule has 1 aromatic heterocycles. The second-order valence-electron chi connectivity index (χ2n) is 18.5. The Labute approximate surface area is 322 Å². The fourth-order valence-corrected chi connectivity index (χ4v) is 12.1. The van der Waals surface area contributed by atoms with Crippen LogP contribution in [0.15, 0.2) is 69.4 Å². The van der Waals surface area contributed by atoms with Gasteiger partial charge in [0.15, 0.2) is 11.3 Å². The zero-order valence-corrected chi connectivity index (χ0v) is 33.3. The van der Waals surface area contributed by atoms with Crippen molar-refractivity contribution in [1.29, 1.82) is 0 Å². The van der Waals surface area contributed by atoms with Crippen molar-refractivity contribution in [2.24, 2.45) is 46.3 Å². The molecule has 8 rings (SSSR count). The van der Waals surface area contributed by atoms with Crippen molar-refractivity contribution in [3.63, 3.8) is 0 Å². The standard InChI is InChI=1S/C47H62N2O5/c1-30(2)8-6-9-31(3)39-18-19-40-37-17-14-33-28-35(20-22-46(33,4)41(37)21-23-47(39,40)5)53-45(51)48-34-15-12-32(13-16-34)36-10-7-11-38-42(50)29-43(54-44(36)38)49-24-26-52-27-25-49/h7,10-16,29-31,35,37,39-41H,6,8-9,17-28H2,1-5H3,(H,48,51). The van der Waals surface area contributed by atoms with E-state index >= 15 is 0 Å². The summed E-state index contributed by atoms with van der Waals surface area (Å²) >= 11 is 0. The van der Waals surface area contributed by atoms with Crippen LogP contribution >= 0.6 is 0 Å². The number of fused-ring (bicyclic) bond motifs is 6. The van der Waals surface area contributed by atoms with Crippen molar-refractivity contribution < 1.29 is 18.7 Å². The van der Waals surface area contributed by atoms with Gasteiger partial charge in [-0.2, -0.15) is 0 Å². The van der Waals surface area contributed by atoms with Gasteiger partial charge in [0.2, 0.25) is 0 Å². The van der Waals surface area contributed by atoms with E-state index in [9.17, 15) is 9.59 Å². The quantitative estimate of drug-likeness (QED) is 0.220. The first-order chi connectivity index (χ1) is 26.0. The van der Waals surface area contributed by atoms with E-state index in [4.69, 9.17) is 13.9 Å². The van der Waals surface area contributed by atoms with Crippen molar-refractivity contribution in [1.82, 2.24) is 0 Å². The van der Waals surface area contributed by atoms with Crippen LogP contribution in [0.3, 0.4) is 0 Å². The van der Waals surface area contributed by atoms with Crippen LogP contribution in [0.1, 0.15) is 105 Å². The van der Waals surface area contributed by atoms with Crippen LogP contribution in [0.4, 0.5) is 16.4 Å². The van der Waals surface area contributed by atoms with E-state index in [1.54, 1.807) is 12.1 Å². The van der Waals surface area contributed by atoms with Crippen LogP contribution < -0.4 is 15.6 Å². The van der Waals surface area contributed by atoms with Crippen LogP contribution in [-0.4, -0.2) is 38.5 Å². The first-order valence-electron chi connectivity index (χ1n) is 21.2. The van der Waals surface area contributed by atoms with Crippen molar-refractivity contribution in [3.8, 4) is 11.1 Å². The summed E-state index contributed by atoms with van der Waals surface area (Å²) in [5.41, 5.74) is 5.18. The minimum Gasteiger partial charge on any atom is -0.446 e. The highest BCUT2D eigenvalue weighted by Gasteiger charge is 2.59. The molecule has 2 aromatic carbocycles. The monoisotopic (exact) mass is 734 g/mol. The Morgan fingerprint density at radius 2 is 1.76 bits per heavy atom. The molecule has 1 aliphatic heterocycles. The van der Waals surface area contributed by atoms with E-state index in [0.717, 1.165) is 65.9 Å². The molecule has 54 heavy (non-hydrogen) atoms. The van der Waals surface area contributed by atoms with Gasteiger partial charge in [-0.3, -0.25) is 10.1 Å². The number of hydrogen-bond donors (Lipinski definition) is 1. The predicted octanol–water partition coefficient (Wildman–Crippen LogP) is 11.3. The van der Waals surface area contributed by atoms with Crippen LogP contribution in [0.2, 0.25) is 0 Å². The van der Waals surface area contributed by atoms with Gasteiger partial charge in [0.1, 0.15) is 11.7 Å². The number of benzene rings is 2. The summed E-state index contributed by atoms with van der Waals surface area (Å²) in [4.78, 5) is 28.4. The zero-order chi connectivity index (χ0) is 37.6. The average molecular weight is 735 g/mol. The maximum absolute atomic E-state index is 13.2. The van der Waals surface area contributed by atoms with Gasteiger partial charge < -0.3 is 18.8 Å². The lowest BCUT2D eigenvalue weighted by Crippen LogP contribution is -2.51. The maximum atomic E-state index is 13.2. The molecule has 3 saturated carbocycles. The Morgan fingerprint density at radius 3 is 2.54 bits per heavy atom. The molecule has 4 fully saturated rings. The molecule has 8 unspecified atom stereocenters. The van der Waals surface area contributed by atoms with Gasteiger partial charge in [-0.1, -0.05) is 89.8 Å². The highest BCUT2D eigenvalue weighted by atomic mass is 16.6. The summed E-state index contributed by atoms with van der Waals surface area (Å²) in [5, 5.41) is 3.53. The first-order valence-corrected chi connectivity index (χ1v) is 21.2. The molecule has 8 atom stereocenters. The molecule has 0 spiro atoms. The van der Waals surface area contributed by atoms with Gasteiger partial charge in [0.25, 0.3) is 0 Å². The van der Waals surface area contributed by atoms with E-state index in [2.05, 4.69) is 50.9 Å². The lowest BCUT2D eigenvalue weighted by molar-refractivity contribution is -0.0577. The summed E-state index contributed by atoms with van der Waals surface area (Å²) in [5.74, 6) is 5.48. The number of para-hydroxylation sites is 1. The normalized spacial score (nSPS) is 31.3. The van der Waals surface area contributed by atoms with Crippen molar-refractivity contribution >= 4 is 28.6 Å². The SMILES string of the molecule is CC(C)CCCC(C)C1CCC2C3CC=C4CC(OC(=O)Nc5ccc(-c6cccc7c(=O)cc(N8CCOCC8)oc67)cc5)CCC4(C)C3CCC12C. The third-order valence-electron chi connectivity index (χ3n) is 15.0. The van der Waals surface area contributed by atoms with Crippen LogP contribution in [0.25, 0.3) is 22.1 Å². The van der Waals surface area contributed by atoms with Crippen LogP contribution in [-0.2, 0) is 9.47 Å². The summed E-state index contributed by atoms with van der Waals surface area (Å²) in [6.45, 7) is 15.1. The van der Waals surface area contributed by atoms with Crippen LogP contribution in [0, 0.1) is 46.3 Å². The molecule has 5 aliphatic rings. The molecule has 0 radical (unpaired) electrons. The number of morpholine rings is 1. The molecule has 4 aliphatic carbocycles. The van der Waals surface area contributed by atoms with Gasteiger partial charge in [-0.05, 0) is 115 Å². The molecule has 7 nitrogen and oxygen atoms in total. The number of hydrogen-bond acceptors (Lipinski definition) is 6. The maximum Gasteiger partial charge on any atom is 0.411 e. The van der Waals surface area contributed by atoms with Crippen molar-refractivity contribution in [3.05, 3.63) is 70.4 Å². The van der Waals surface area contributed by atoms with Crippen molar-refractivity contribution in [2.75, 3.05) is 36.5 Å². The molecular formula is C47H62N2O5. The molecule has 1 amide bonds. The van der Waals surface area contributed by atoms with E-state index in [1.807, 2.05) is 36.4 Å². The number of rotatable bonds is 9. The Kier molecular flexibility index (Phi) is 10.5. The smallest absolute Gasteiger partial charge is 0.411 e. The van der Waals surface area contributed by atoms with Gasteiger partial charge in [-0.25, -0.2) is 4.79 Å². The predicted molar refractivity (Wildman–Crippen MR) is 218 cm³/mol. The van der Waals surface area contributed by atoms with E-state index in [1.165, 1.54) is 56.9 Å². The Morgan fingerprint density at radius 1 is 0.963 bits per heavy atom. The highest BCUT2D eigenvalue weighted by molar-refractivity contribution is 5.93. The minimum atomic E-state index is -0.398. The molecule has 2 heterocycles. The number of allylic oxidation sites excluding steroid dienone is 1. The lowest BCUT2D eigenvalue weighted by atomic mass is 9.47. The van der Waals surface area contributed by atoms with Gasteiger partial charge >= 0.3 is 6.09 Å². The molecule has 7 heteroatoms. The third kappa shape index (κ3) is 7.03. The fourth-order valence-electron chi connectivity index (χ4n) is 12.1. The van der Waals surface area contributed by atoms with E-state index in [0.29, 0.717) is 54.3 Å². The lowest BCUT2D eigenvalue weighted by Gasteiger charge is -2.58. The summed E-state index contributed by atoms with van der Waals surface area (Å²) < 4.78 is 17.9. The number of ether oxygens (including phenoxy) is 2. The number of anilines is 2. The van der Waals surface area contributed by atoms with Crippen LogP contribution in [0.5, 0.6) is 0 Å². The summed E-state index contributed by atoms with van der Waals surface area (Å²) in [6.07, 6.45) is 15.8. The highest BCUT2D eigenvalue weighted by Crippen LogP contribution is 2.67. The molecule has 1 saturated heterocycles. The number of amides is 1. The first kappa shape index (κ1) is 37.3. The Bertz CT molecular complexity index is 1910. The van der Waals surface area contributed by atoms with E-state index in [-0.39, 0.29) is 16.9 Å². The minimum absolute atomic E-state index is 0.0611. The number of carbonyl (C=O) groups excluding carboxylic acids is 1. The largest absolute Gasteiger partial charge is 0.446 e. The second kappa shape index (κ2) is 15.2. The summed E-state index contributed by atoms with van der Waals surface area (Å²) in [6, 6.07) is 14.9. The Hall–Kier alpha value is -3.58. The number of nitrogens with one attached hydrogen (secondary N) is 1. The number of carbonyl (C=O) groups is 1.